The maximum atomic E-state index is 13.6. The number of carbonyl (C=O) groups excluding carboxylic acids is 2. The number of rotatable bonds is 4. The highest BCUT2D eigenvalue weighted by molar-refractivity contribution is 5.94. The van der Waals surface area contributed by atoms with Crippen LogP contribution in [0.4, 0.5) is 19.0 Å². The zero-order valence-corrected chi connectivity index (χ0v) is 16.6. The Kier molecular flexibility index (Phi) is 5.26. The lowest BCUT2D eigenvalue weighted by Gasteiger charge is -2.17. The molecule has 2 amide bonds. The lowest BCUT2D eigenvalue weighted by Crippen LogP contribution is -2.25. The Morgan fingerprint density at radius 2 is 2.03 bits per heavy atom. The summed E-state index contributed by atoms with van der Waals surface area (Å²) in [6.07, 6.45) is 0.756. The van der Waals surface area contributed by atoms with Crippen LogP contribution in [0.5, 0.6) is 0 Å². The van der Waals surface area contributed by atoms with Gasteiger partial charge in [0.25, 0.3) is 0 Å². The second-order valence-corrected chi connectivity index (χ2v) is 7.37. The normalized spacial score (nSPS) is 14.0. The van der Waals surface area contributed by atoms with Crippen LogP contribution in [0.1, 0.15) is 28.8 Å². The minimum absolute atomic E-state index is 0.0656. The van der Waals surface area contributed by atoms with Gasteiger partial charge in [-0.15, -0.1) is 0 Å². The van der Waals surface area contributed by atoms with Gasteiger partial charge in [0.15, 0.2) is 0 Å². The van der Waals surface area contributed by atoms with Gasteiger partial charge in [0, 0.05) is 42.3 Å². The molecule has 4 rings (SSSR count). The Labute approximate surface area is 175 Å². The fourth-order valence-electron chi connectivity index (χ4n) is 3.62. The number of carbonyl (C=O) groups is 2. The number of amides is 2. The third kappa shape index (κ3) is 4.30. The number of halogens is 3. The molecule has 0 atom stereocenters. The number of likely N-dealkylation sites (N-methyl/N-ethyl adjacent to an activating group) is 1. The molecule has 0 aliphatic carbocycles. The Balaban J connectivity index is 1.51. The summed E-state index contributed by atoms with van der Waals surface area (Å²) in [6, 6.07) is 8.00. The molecule has 0 bridgehead atoms. The smallest absolute Gasteiger partial charge is 0.356 e. The summed E-state index contributed by atoms with van der Waals surface area (Å²) in [6.45, 7) is -0.221. The summed E-state index contributed by atoms with van der Waals surface area (Å²) in [5.74, 6) is -0.0246. The van der Waals surface area contributed by atoms with E-state index in [-0.39, 0.29) is 23.5 Å². The third-order valence-corrected chi connectivity index (χ3v) is 5.12. The van der Waals surface area contributed by atoms with Crippen molar-refractivity contribution in [1.29, 1.82) is 0 Å². The molecule has 2 N–H and O–H groups in total. The first-order valence-electron chi connectivity index (χ1n) is 9.61. The molecule has 1 aliphatic rings. The number of hydrogen-bond acceptors (Lipinski definition) is 3. The number of para-hydroxylation sites is 1. The number of fused-ring (bicyclic) bond motifs is 2. The van der Waals surface area contributed by atoms with Crippen LogP contribution in [0.15, 0.2) is 42.6 Å². The van der Waals surface area contributed by atoms with E-state index in [1.54, 1.807) is 24.3 Å². The minimum Gasteiger partial charge on any atom is -0.356 e. The van der Waals surface area contributed by atoms with Crippen molar-refractivity contribution >= 4 is 34.6 Å². The van der Waals surface area contributed by atoms with E-state index in [4.69, 9.17) is 0 Å². The van der Waals surface area contributed by atoms with Crippen LogP contribution in [0, 0.1) is 0 Å². The van der Waals surface area contributed by atoms with Crippen molar-refractivity contribution in [3.63, 3.8) is 0 Å². The summed E-state index contributed by atoms with van der Waals surface area (Å²) < 4.78 is 40.9. The Bertz CT molecular complexity index is 1200. The average molecular weight is 428 g/mol. The monoisotopic (exact) mass is 428 g/mol. The predicted octanol–water partition coefficient (Wildman–Crippen LogP) is 4.14. The van der Waals surface area contributed by atoms with Gasteiger partial charge in [-0.05, 0) is 35.8 Å². The molecule has 2 aromatic heterocycles. The van der Waals surface area contributed by atoms with Crippen molar-refractivity contribution in [2.75, 3.05) is 12.4 Å². The van der Waals surface area contributed by atoms with Gasteiger partial charge >= 0.3 is 6.18 Å². The van der Waals surface area contributed by atoms with E-state index >= 15 is 0 Å². The molecule has 1 aliphatic heterocycles. The standard InChI is InChI=1S/C22H19F3N4O2/c1-29(12-17-20(22(23,24)25)15-4-2-3-5-16(15)27-17)19(31)9-6-13-10-14-7-8-18(30)28-21(14)26-11-13/h2-6,9-11,27H,7-8,12H2,1H3,(H,26,28,30)/b9-6+. The number of anilines is 1. The average Bonchev–Trinajstić information content (AvgIpc) is 3.10. The molecule has 1 aromatic carbocycles. The van der Waals surface area contributed by atoms with E-state index in [0.29, 0.717) is 29.7 Å². The van der Waals surface area contributed by atoms with Crippen LogP contribution in [0.25, 0.3) is 17.0 Å². The van der Waals surface area contributed by atoms with Crippen molar-refractivity contribution in [3.8, 4) is 0 Å². The maximum absolute atomic E-state index is 13.6. The molecule has 9 heteroatoms. The lowest BCUT2D eigenvalue weighted by molar-refractivity contribution is -0.138. The zero-order valence-electron chi connectivity index (χ0n) is 16.6. The van der Waals surface area contributed by atoms with E-state index < -0.39 is 17.6 Å². The van der Waals surface area contributed by atoms with E-state index in [1.165, 1.54) is 30.3 Å². The molecule has 0 spiro atoms. The molecule has 3 heterocycles. The van der Waals surface area contributed by atoms with Gasteiger partial charge in [-0.2, -0.15) is 13.2 Å². The summed E-state index contributed by atoms with van der Waals surface area (Å²) in [7, 11) is 1.44. The summed E-state index contributed by atoms with van der Waals surface area (Å²) in [4.78, 5) is 32.1. The largest absolute Gasteiger partial charge is 0.418 e. The fraction of sp³-hybridized carbons (Fsp3) is 0.227. The third-order valence-electron chi connectivity index (χ3n) is 5.12. The molecule has 160 valence electrons. The molecular weight excluding hydrogens is 409 g/mol. The molecule has 6 nitrogen and oxygen atoms in total. The Morgan fingerprint density at radius 3 is 2.81 bits per heavy atom. The van der Waals surface area contributed by atoms with Crippen molar-refractivity contribution in [2.45, 2.75) is 25.6 Å². The number of nitrogens with one attached hydrogen (secondary N) is 2. The topological polar surface area (TPSA) is 78.1 Å². The van der Waals surface area contributed by atoms with Gasteiger partial charge < -0.3 is 15.2 Å². The summed E-state index contributed by atoms with van der Waals surface area (Å²) >= 11 is 0. The number of aryl methyl sites for hydroxylation is 1. The second kappa shape index (κ2) is 7.90. The van der Waals surface area contributed by atoms with Crippen LogP contribution in [-0.4, -0.2) is 33.7 Å². The first-order valence-corrected chi connectivity index (χ1v) is 9.61. The van der Waals surface area contributed by atoms with Crippen LogP contribution >= 0.6 is 0 Å². The van der Waals surface area contributed by atoms with Gasteiger partial charge in [0.1, 0.15) is 5.82 Å². The van der Waals surface area contributed by atoms with Crippen LogP contribution in [0.3, 0.4) is 0 Å². The molecule has 0 saturated heterocycles. The van der Waals surface area contributed by atoms with E-state index in [1.807, 2.05) is 6.07 Å². The molecule has 0 saturated carbocycles. The number of aromatic amines is 1. The molecule has 0 radical (unpaired) electrons. The fourth-order valence-corrected chi connectivity index (χ4v) is 3.62. The number of pyridine rings is 1. The SMILES string of the molecule is CN(Cc1[nH]c2ccccc2c1C(F)(F)F)C(=O)/C=C/c1cnc2c(c1)CCC(=O)N2. The molecular formula is C22H19F3N4O2. The van der Waals surface area contributed by atoms with Gasteiger partial charge in [0.2, 0.25) is 11.8 Å². The highest BCUT2D eigenvalue weighted by Gasteiger charge is 2.37. The first-order chi connectivity index (χ1) is 14.7. The van der Waals surface area contributed by atoms with E-state index in [0.717, 1.165) is 5.56 Å². The molecule has 0 unspecified atom stereocenters. The van der Waals surface area contributed by atoms with Crippen LogP contribution in [-0.2, 0) is 28.7 Å². The van der Waals surface area contributed by atoms with E-state index in [9.17, 15) is 22.8 Å². The second-order valence-electron chi connectivity index (χ2n) is 7.37. The summed E-state index contributed by atoms with van der Waals surface area (Å²) in [5, 5.41) is 2.76. The quantitative estimate of drug-likeness (QED) is 0.613. The number of hydrogen-bond donors (Lipinski definition) is 2. The Hall–Kier alpha value is -3.62. The number of alkyl halides is 3. The Morgan fingerprint density at radius 1 is 1.26 bits per heavy atom. The number of H-pyrrole nitrogens is 1. The van der Waals surface area contributed by atoms with E-state index in [2.05, 4.69) is 15.3 Å². The van der Waals surface area contributed by atoms with Crippen LogP contribution < -0.4 is 5.32 Å². The molecule has 3 aromatic rings. The summed E-state index contributed by atoms with van der Waals surface area (Å²) in [5.41, 5.74) is 1.08. The number of benzene rings is 1. The first kappa shape index (κ1) is 20.6. The number of nitrogens with zero attached hydrogens (tertiary/aromatic N) is 2. The molecule has 0 fully saturated rings. The van der Waals surface area contributed by atoms with Gasteiger partial charge in [-0.25, -0.2) is 4.98 Å². The maximum Gasteiger partial charge on any atom is 0.418 e. The van der Waals surface area contributed by atoms with Crippen LogP contribution in [0.2, 0.25) is 0 Å². The van der Waals surface area contributed by atoms with Crippen molar-refractivity contribution in [1.82, 2.24) is 14.9 Å². The number of aromatic nitrogens is 2. The van der Waals surface area contributed by atoms with Crippen molar-refractivity contribution in [3.05, 3.63) is 65.0 Å². The lowest BCUT2D eigenvalue weighted by atomic mass is 10.0. The van der Waals surface area contributed by atoms with Crippen molar-refractivity contribution in [2.24, 2.45) is 0 Å². The van der Waals surface area contributed by atoms with Gasteiger partial charge in [-0.1, -0.05) is 18.2 Å². The highest BCUT2D eigenvalue weighted by atomic mass is 19.4. The highest BCUT2D eigenvalue weighted by Crippen LogP contribution is 2.38. The van der Waals surface area contributed by atoms with Crippen molar-refractivity contribution < 1.29 is 22.8 Å². The predicted molar refractivity (Wildman–Crippen MR) is 110 cm³/mol. The zero-order chi connectivity index (χ0) is 22.2. The minimum atomic E-state index is -4.54. The van der Waals surface area contributed by atoms with Gasteiger partial charge in [0.05, 0.1) is 12.1 Å². The molecule has 31 heavy (non-hydrogen) atoms. The van der Waals surface area contributed by atoms with Gasteiger partial charge in [-0.3, -0.25) is 9.59 Å².